The molecule has 1 aliphatic heterocycles. The summed E-state index contributed by atoms with van der Waals surface area (Å²) in [5.74, 6) is -0.795. The number of alkyl halides is 3. The van der Waals surface area contributed by atoms with Crippen LogP contribution in [0.1, 0.15) is 31.5 Å². The zero-order valence-corrected chi connectivity index (χ0v) is 11.4. The first-order valence-electron chi connectivity index (χ1n) is 6.25. The predicted octanol–water partition coefficient (Wildman–Crippen LogP) is 2.50. The number of hydrogen-bond acceptors (Lipinski definition) is 4. The molecule has 1 aromatic rings. The van der Waals surface area contributed by atoms with Crippen LogP contribution >= 0.6 is 11.8 Å². The number of nitrogens with zero attached hydrogens (tertiary/aromatic N) is 3. The summed E-state index contributed by atoms with van der Waals surface area (Å²) >= 11 is 0.438. The van der Waals surface area contributed by atoms with Crippen molar-refractivity contribution in [1.29, 1.82) is 0 Å². The van der Waals surface area contributed by atoms with Crippen molar-refractivity contribution in [2.45, 2.75) is 55.2 Å². The van der Waals surface area contributed by atoms with Gasteiger partial charge < -0.3 is 9.67 Å². The van der Waals surface area contributed by atoms with Crippen molar-refractivity contribution in [1.82, 2.24) is 14.8 Å². The second kappa shape index (κ2) is 6.02. The fraction of sp³-hybridized carbons (Fsp3) is 0.727. The second-order valence-corrected chi connectivity index (χ2v) is 5.78. The SMILES string of the molecule is O=C(O)CC(Sc1nnc2n1CCCCC2)C(F)(F)F. The fourth-order valence-corrected chi connectivity index (χ4v) is 3.08. The van der Waals surface area contributed by atoms with E-state index in [0.717, 1.165) is 19.3 Å². The van der Waals surface area contributed by atoms with E-state index in [9.17, 15) is 18.0 Å². The highest BCUT2D eigenvalue weighted by molar-refractivity contribution is 7.99. The number of carboxylic acid groups (broad SMARTS) is 1. The smallest absolute Gasteiger partial charge is 0.401 e. The van der Waals surface area contributed by atoms with Crippen LogP contribution in [0.5, 0.6) is 0 Å². The number of halogens is 3. The summed E-state index contributed by atoms with van der Waals surface area (Å²) in [6, 6.07) is 0. The van der Waals surface area contributed by atoms with Gasteiger partial charge in [0, 0.05) is 13.0 Å². The lowest BCUT2D eigenvalue weighted by atomic mass is 10.2. The number of rotatable bonds is 4. The number of carboxylic acids is 1. The summed E-state index contributed by atoms with van der Waals surface area (Å²) in [4.78, 5) is 10.6. The topological polar surface area (TPSA) is 68.0 Å². The van der Waals surface area contributed by atoms with Gasteiger partial charge in [-0.3, -0.25) is 4.79 Å². The lowest BCUT2D eigenvalue weighted by Gasteiger charge is -2.17. The Morgan fingerprint density at radius 2 is 2.10 bits per heavy atom. The Kier molecular flexibility index (Phi) is 4.56. The molecule has 20 heavy (non-hydrogen) atoms. The van der Waals surface area contributed by atoms with Crippen LogP contribution < -0.4 is 0 Å². The van der Waals surface area contributed by atoms with E-state index in [1.807, 2.05) is 0 Å². The number of hydrogen-bond donors (Lipinski definition) is 1. The van der Waals surface area contributed by atoms with Gasteiger partial charge in [-0.2, -0.15) is 13.2 Å². The van der Waals surface area contributed by atoms with E-state index in [0.29, 0.717) is 30.6 Å². The van der Waals surface area contributed by atoms with Crippen molar-refractivity contribution < 1.29 is 23.1 Å². The minimum absolute atomic E-state index is 0.158. The number of carbonyl (C=O) groups is 1. The lowest BCUT2D eigenvalue weighted by molar-refractivity contribution is -0.149. The first kappa shape index (κ1) is 15.1. The molecule has 0 bridgehead atoms. The molecule has 1 atom stereocenters. The molecule has 2 heterocycles. The van der Waals surface area contributed by atoms with Gasteiger partial charge in [-0.25, -0.2) is 0 Å². The number of aliphatic carboxylic acids is 1. The first-order valence-corrected chi connectivity index (χ1v) is 7.13. The fourth-order valence-electron chi connectivity index (χ4n) is 2.06. The minimum Gasteiger partial charge on any atom is -0.481 e. The van der Waals surface area contributed by atoms with Crippen LogP contribution in [0.25, 0.3) is 0 Å². The normalized spacial score (nSPS) is 17.4. The molecule has 0 radical (unpaired) electrons. The van der Waals surface area contributed by atoms with E-state index in [2.05, 4.69) is 10.2 Å². The molecule has 1 unspecified atom stereocenters. The Balaban J connectivity index is 2.18. The van der Waals surface area contributed by atoms with Crippen molar-refractivity contribution in [2.75, 3.05) is 0 Å². The highest BCUT2D eigenvalue weighted by Gasteiger charge is 2.43. The molecular formula is C11H14F3N3O2S. The van der Waals surface area contributed by atoms with E-state index in [1.54, 1.807) is 4.57 Å². The van der Waals surface area contributed by atoms with Crippen LogP contribution in [-0.2, 0) is 17.8 Å². The van der Waals surface area contributed by atoms with E-state index < -0.39 is 23.8 Å². The molecule has 0 aromatic carbocycles. The number of fused-ring (bicyclic) bond motifs is 1. The molecule has 1 N–H and O–H groups in total. The Morgan fingerprint density at radius 1 is 1.35 bits per heavy atom. The summed E-state index contributed by atoms with van der Waals surface area (Å²) in [5, 5.41) is 14.4. The highest BCUT2D eigenvalue weighted by atomic mass is 32.2. The molecule has 0 spiro atoms. The Morgan fingerprint density at radius 3 is 2.75 bits per heavy atom. The Hall–Kier alpha value is -1.25. The van der Waals surface area contributed by atoms with E-state index in [-0.39, 0.29) is 5.16 Å². The van der Waals surface area contributed by atoms with Gasteiger partial charge in [0.25, 0.3) is 0 Å². The Labute approximate surface area is 117 Å². The molecule has 0 aliphatic carbocycles. The number of aryl methyl sites for hydroxylation is 1. The summed E-state index contributed by atoms with van der Waals surface area (Å²) in [6.07, 6.45) is -2.04. The van der Waals surface area contributed by atoms with Crippen LogP contribution in [0, 0.1) is 0 Å². The molecular weight excluding hydrogens is 295 g/mol. The monoisotopic (exact) mass is 309 g/mol. The molecule has 0 saturated carbocycles. The van der Waals surface area contributed by atoms with Crippen LogP contribution in [0.3, 0.4) is 0 Å². The van der Waals surface area contributed by atoms with Gasteiger partial charge >= 0.3 is 12.1 Å². The first-order chi connectivity index (χ1) is 9.38. The number of aromatic nitrogens is 3. The second-order valence-electron chi connectivity index (χ2n) is 4.61. The van der Waals surface area contributed by atoms with Crippen LogP contribution in [-0.4, -0.2) is 37.3 Å². The third-order valence-electron chi connectivity index (χ3n) is 3.05. The standard InChI is InChI=1S/C11H14F3N3O2S/c12-11(13,14)7(6-9(18)19)20-10-16-15-8-4-2-1-3-5-17(8)10/h7H,1-6H2,(H,18,19). The summed E-state index contributed by atoms with van der Waals surface area (Å²) < 4.78 is 40.2. The van der Waals surface area contributed by atoms with Gasteiger partial charge in [0.1, 0.15) is 11.1 Å². The van der Waals surface area contributed by atoms with Crippen molar-refractivity contribution in [3.8, 4) is 0 Å². The van der Waals surface area contributed by atoms with Gasteiger partial charge in [-0.1, -0.05) is 18.2 Å². The van der Waals surface area contributed by atoms with Crippen LogP contribution in [0.4, 0.5) is 13.2 Å². The van der Waals surface area contributed by atoms with Gasteiger partial charge in [0.05, 0.1) is 6.42 Å². The number of thioether (sulfide) groups is 1. The van der Waals surface area contributed by atoms with E-state index in [1.165, 1.54) is 0 Å². The van der Waals surface area contributed by atoms with Crippen molar-refractivity contribution in [3.63, 3.8) is 0 Å². The quantitative estimate of drug-likeness (QED) is 0.866. The minimum atomic E-state index is -4.58. The van der Waals surface area contributed by atoms with Gasteiger partial charge in [0.15, 0.2) is 5.16 Å². The molecule has 9 heteroatoms. The Bertz CT molecular complexity index is 490. The van der Waals surface area contributed by atoms with Crippen molar-refractivity contribution in [3.05, 3.63) is 5.82 Å². The van der Waals surface area contributed by atoms with E-state index >= 15 is 0 Å². The van der Waals surface area contributed by atoms with Crippen molar-refractivity contribution >= 4 is 17.7 Å². The average molecular weight is 309 g/mol. The summed E-state index contributed by atoms with van der Waals surface area (Å²) in [7, 11) is 0. The molecule has 1 aliphatic rings. The molecule has 0 amide bonds. The van der Waals surface area contributed by atoms with Crippen molar-refractivity contribution in [2.24, 2.45) is 0 Å². The van der Waals surface area contributed by atoms with E-state index in [4.69, 9.17) is 5.11 Å². The van der Waals surface area contributed by atoms with Gasteiger partial charge in [-0.05, 0) is 12.8 Å². The maximum absolute atomic E-state index is 12.8. The lowest BCUT2D eigenvalue weighted by Crippen LogP contribution is -2.28. The molecule has 5 nitrogen and oxygen atoms in total. The predicted molar refractivity (Wildman–Crippen MR) is 65.5 cm³/mol. The third-order valence-corrected chi connectivity index (χ3v) is 4.28. The maximum atomic E-state index is 12.8. The molecule has 112 valence electrons. The van der Waals surface area contributed by atoms with Crippen LogP contribution in [0.2, 0.25) is 0 Å². The zero-order chi connectivity index (χ0) is 14.8. The molecule has 1 aromatic heterocycles. The molecule has 0 fully saturated rings. The molecule has 2 rings (SSSR count). The molecule has 0 saturated heterocycles. The highest BCUT2D eigenvalue weighted by Crippen LogP contribution is 2.37. The van der Waals surface area contributed by atoms with Gasteiger partial charge in [-0.15, -0.1) is 10.2 Å². The maximum Gasteiger partial charge on any atom is 0.401 e. The zero-order valence-electron chi connectivity index (χ0n) is 10.6. The summed E-state index contributed by atoms with van der Waals surface area (Å²) in [5.41, 5.74) is 0. The van der Waals surface area contributed by atoms with Gasteiger partial charge in [0.2, 0.25) is 0 Å². The largest absolute Gasteiger partial charge is 0.481 e. The summed E-state index contributed by atoms with van der Waals surface area (Å²) in [6.45, 7) is 0.586. The van der Waals surface area contributed by atoms with Crippen LogP contribution in [0.15, 0.2) is 5.16 Å². The average Bonchev–Trinajstić information content (AvgIpc) is 2.57. The third kappa shape index (κ3) is 3.65.